The van der Waals surface area contributed by atoms with Crippen LogP contribution in [0.3, 0.4) is 0 Å². The average Bonchev–Trinajstić information content (AvgIpc) is 2.60. The Morgan fingerprint density at radius 2 is 1.89 bits per heavy atom. The van der Waals surface area contributed by atoms with Crippen molar-refractivity contribution < 1.29 is 0 Å². The largest absolute Gasteiger partial charge is 0.389 e. The van der Waals surface area contributed by atoms with Gasteiger partial charge < -0.3 is 5.73 Å². The van der Waals surface area contributed by atoms with Crippen molar-refractivity contribution in [3.63, 3.8) is 0 Å². The normalized spacial score (nSPS) is 17.4. The third-order valence-electron chi connectivity index (χ3n) is 3.43. The monoisotopic (exact) mass is 282 g/mol. The zero-order chi connectivity index (χ0) is 13.0. The Bertz CT molecular complexity index is 426. The number of nitrogens with zero attached hydrogens (tertiary/aromatic N) is 1. The maximum atomic E-state index is 6.29. The Hall–Kier alpha value is -0.640. The quantitative estimate of drug-likeness (QED) is 0.862. The fraction of sp³-hybridized carbons (Fsp3) is 0.500. The van der Waals surface area contributed by atoms with E-state index in [1.165, 1.54) is 44.3 Å². The van der Waals surface area contributed by atoms with Gasteiger partial charge in [0.25, 0.3) is 0 Å². The summed E-state index contributed by atoms with van der Waals surface area (Å²) in [5.41, 5.74) is 7.61. The van der Waals surface area contributed by atoms with Crippen molar-refractivity contribution in [3.8, 4) is 0 Å². The Balaban J connectivity index is 2.06. The van der Waals surface area contributed by atoms with E-state index in [9.17, 15) is 0 Å². The second-order valence-electron chi connectivity index (χ2n) is 4.86. The van der Waals surface area contributed by atoms with Gasteiger partial charge in [0.05, 0.1) is 0 Å². The molecule has 1 saturated heterocycles. The molecule has 0 amide bonds. The minimum Gasteiger partial charge on any atom is -0.389 e. The lowest BCUT2D eigenvalue weighted by Crippen LogP contribution is -2.24. The van der Waals surface area contributed by atoms with E-state index in [1.807, 2.05) is 18.2 Å². The molecule has 0 atom stereocenters. The van der Waals surface area contributed by atoms with Gasteiger partial charge in [-0.1, -0.05) is 48.8 Å². The summed E-state index contributed by atoms with van der Waals surface area (Å²) in [6.07, 6.45) is 5.29. The molecule has 0 radical (unpaired) electrons. The van der Waals surface area contributed by atoms with Crippen LogP contribution in [0.5, 0.6) is 0 Å². The van der Waals surface area contributed by atoms with Crippen LogP contribution in [0.2, 0.25) is 5.02 Å². The topological polar surface area (TPSA) is 29.3 Å². The maximum absolute atomic E-state index is 6.29. The average molecular weight is 283 g/mol. The van der Waals surface area contributed by atoms with Crippen LogP contribution in [0, 0.1) is 0 Å². The number of hydrogen-bond acceptors (Lipinski definition) is 2. The summed E-state index contributed by atoms with van der Waals surface area (Å²) in [5, 5.41) is 0.768. The molecular weight excluding hydrogens is 264 g/mol. The van der Waals surface area contributed by atoms with Gasteiger partial charge in [0, 0.05) is 17.1 Å². The molecule has 0 aliphatic carbocycles. The Morgan fingerprint density at radius 1 is 1.22 bits per heavy atom. The zero-order valence-electron chi connectivity index (χ0n) is 10.5. The SMILES string of the molecule is NC(=S)c1ccc(CN2CCCCCC2)c(Cl)c1. The lowest BCUT2D eigenvalue weighted by atomic mass is 10.1. The summed E-state index contributed by atoms with van der Waals surface area (Å²) >= 11 is 11.2. The van der Waals surface area contributed by atoms with Crippen molar-refractivity contribution in [2.75, 3.05) is 13.1 Å². The van der Waals surface area contributed by atoms with Gasteiger partial charge in [-0.2, -0.15) is 0 Å². The number of rotatable bonds is 3. The summed E-state index contributed by atoms with van der Waals surface area (Å²) in [7, 11) is 0. The van der Waals surface area contributed by atoms with Crippen molar-refractivity contribution in [3.05, 3.63) is 34.3 Å². The number of benzene rings is 1. The first kappa shape index (κ1) is 13.8. The van der Waals surface area contributed by atoms with Gasteiger partial charge in [-0.25, -0.2) is 0 Å². The number of halogens is 1. The summed E-state index contributed by atoms with van der Waals surface area (Å²) < 4.78 is 0. The molecule has 0 aromatic heterocycles. The molecule has 1 aromatic rings. The van der Waals surface area contributed by atoms with E-state index < -0.39 is 0 Å². The molecule has 2 rings (SSSR count). The van der Waals surface area contributed by atoms with Gasteiger partial charge in [0.2, 0.25) is 0 Å². The molecule has 0 unspecified atom stereocenters. The minimum atomic E-state index is 0.401. The van der Waals surface area contributed by atoms with Gasteiger partial charge in [-0.3, -0.25) is 4.90 Å². The predicted molar refractivity (Wildman–Crippen MR) is 81.1 cm³/mol. The van der Waals surface area contributed by atoms with Gasteiger partial charge in [-0.15, -0.1) is 0 Å². The third-order valence-corrected chi connectivity index (χ3v) is 4.02. The molecule has 18 heavy (non-hydrogen) atoms. The molecule has 1 heterocycles. The molecule has 4 heteroatoms. The molecule has 2 nitrogen and oxygen atoms in total. The minimum absolute atomic E-state index is 0.401. The highest BCUT2D eigenvalue weighted by Crippen LogP contribution is 2.21. The van der Waals surface area contributed by atoms with Crippen LogP contribution in [0.4, 0.5) is 0 Å². The van der Waals surface area contributed by atoms with E-state index in [0.717, 1.165) is 17.1 Å². The fourth-order valence-electron chi connectivity index (χ4n) is 2.36. The highest BCUT2D eigenvalue weighted by molar-refractivity contribution is 7.80. The first-order valence-corrected chi connectivity index (χ1v) is 7.26. The summed E-state index contributed by atoms with van der Waals surface area (Å²) in [6, 6.07) is 5.88. The lowest BCUT2D eigenvalue weighted by Gasteiger charge is -2.20. The number of hydrogen-bond donors (Lipinski definition) is 1. The third kappa shape index (κ3) is 3.67. The first-order valence-electron chi connectivity index (χ1n) is 6.47. The van der Waals surface area contributed by atoms with Crippen molar-refractivity contribution in [1.82, 2.24) is 4.90 Å². The molecule has 0 spiro atoms. The van der Waals surface area contributed by atoms with Gasteiger partial charge in [0.1, 0.15) is 4.99 Å². The molecular formula is C14H19ClN2S. The molecule has 1 fully saturated rings. The predicted octanol–water partition coefficient (Wildman–Crippen LogP) is 3.35. The zero-order valence-corrected chi connectivity index (χ0v) is 12.1. The van der Waals surface area contributed by atoms with Gasteiger partial charge >= 0.3 is 0 Å². The molecule has 1 aliphatic heterocycles. The van der Waals surface area contributed by atoms with E-state index in [0.29, 0.717) is 4.99 Å². The van der Waals surface area contributed by atoms with E-state index in [4.69, 9.17) is 29.6 Å². The first-order chi connectivity index (χ1) is 8.66. The van der Waals surface area contributed by atoms with Crippen molar-refractivity contribution in [2.24, 2.45) is 5.73 Å². The van der Waals surface area contributed by atoms with Crippen LogP contribution in [0.25, 0.3) is 0 Å². The van der Waals surface area contributed by atoms with E-state index in [2.05, 4.69) is 4.90 Å². The highest BCUT2D eigenvalue weighted by Gasteiger charge is 2.11. The van der Waals surface area contributed by atoms with Crippen LogP contribution < -0.4 is 5.73 Å². The standard InChI is InChI=1S/C14H19ClN2S/c15-13-9-11(14(16)18)5-6-12(13)10-17-7-3-1-2-4-8-17/h5-6,9H,1-4,7-8,10H2,(H2,16,18). The van der Waals surface area contributed by atoms with E-state index in [1.54, 1.807) is 0 Å². The Morgan fingerprint density at radius 3 is 2.44 bits per heavy atom. The Kier molecular flexibility index (Phi) is 4.98. The van der Waals surface area contributed by atoms with Crippen molar-refractivity contribution in [1.29, 1.82) is 0 Å². The van der Waals surface area contributed by atoms with Crippen LogP contribution in [0.15, 0.2) is 18.2 Å². The van der Waals surface area contributed by atoms with Gasteiger partial charge in [0.15, 0.2) is 0 Å². The van der Waals surface area contributed by atoms with Crippen LogP contribution in [-0.4, -0.2) is 23.0 Å². The number of nitrogens with two attached hydrogens (primary N) is 1. The summed E-state index contributed by atoms with van der Waals surface area (Å²) in [6.45, 7) is 3.28. The fourth-order valence-corrected chi connectivity index (χ4v) is 2.73. The van der Waals surface area contributed by atoms with E-state index in [-0.39, 0.29) is 0 Å². The smallest absolute Gasteiger partial charge is 0.104 e. The molecule has 98 valence electrons. The molecule has 1 aromatic carbocycles. The van der Waals surface area contributed by atoms with Crippen LogP contribution >= 0.6 is 23.8 Å². The van der Waals surface area contributed by atoms with Gasteiger partial charge in [-0.05, 0) is 37.6 Å². The molecule has 2 N–H and O–H groups in total. The van der Waals surface area contributed by atoms with Crippen molar-refractivity contribution in [2.45, 2.75) is 32.2 Å². The summed E-state index contributed by atoms with van der Waals surface area (Å²) in [4.78, 5) is 2.88. The van der Waals surface area contributed by atoms with Crippen molar-refractivity contribution >= 4 is 28.8 Å². The highest BCUT2D eigenvalue weighted by atomic mass is 35.5. The molecule has 1 aliphatic rings. The summed E-state index contributed by atoms with van der Waals surface area (Å²) in [5.74, 6) is 0. The lowest BCUT2D eigenvalue weighted by molar-refractivity contribution is 0.277. The van der Waals surface area contributed by atoms with E-state index >= 15 is 0 Å². The molecule has 0 saturated carbocycles. The second kappa shape index (κ2) is 6.50. The molecule has 0 bridgehead atoms. The number of thiocarbonyl (C=S) groups is 1. The maximum Gasteiger partial charge on any atom is 0.104 e. The number of likely N-dealkylation sites (tertiary alicyclic amines) is 1. The van der Waals surface area contributed by atoms with Crippen LogP contribution in [-0.2, 0) is 6.54 Å². The second-order valence-corrected chi connectivity index (χ2v) is 5.71. The Labute approximate surface area is 119 Å². The van der Waals surface area contributed by atoms with Crippen LogP contribution in [0.1, 0.15) is 36.8 Å².